The fourth-order valence-corrected chi connectivity index (χ4v) is 3.19. The van der Waals surface area contributed by atoms with Crippen LogP contribution in [0.1, 0.15) is 48.8 Å². The molecule has 162 valence electrons. The number of amides is 1. The molecule has 0 spiro atoms. The monoisotopic (exact) mass is 421 g/mol. The standard InChI is InChI=1S/C24H27N3O4/c1-3-11-20(18-12-7-5-8-13-18)25-22(28)17-31-21-16-27(19-14-9-6-10-15-19)26-23(21)24(29)30-4-2/h5-10,12-16,20H,3-4,11,17H2,1-2H3,(H,25,28). The molecule has 0 radical (unpaired) electrons. The Hall–Kier alpha value is -3.61. The van der Waals surface area contributed by atoms with Crippen molar-refractivity contribution in [3.05, 3.63) is 78.1 Å². The average molecular weight is 421 g/mol. The Morgan fingerprint density at radius 3 is 2.35 bits per heavy atom. The van der Waals surface area contributed by atoms with Gasteiger partial charge in [-0.3, -0.25) is 4.79 Å². The van der Waals surface area contributed by atoms with Gasteiger partial charge in [-0.25, -0.2) is 9.48 Å². The van der Waals surface area contributed by atoms with Crippen LogP contribution in [0.15, 0.2) is 66.9 Å². The van der Waals surface area contributed by atoms with Crippen molar-refractivity contribution in [3.63, 3.8) is 0 Å². The average Bonchev–Trinajstić information content (AvgIpc) is 3.23. The van der Waals surface area contributed by atoms with Crippen LogP contribution in [0.25, 0.3) is 5.69 Å². The minimum absolute atomic E-state index is 0.0340. The first kappa shape index (κ1) is 22.1. The third-order valence-corrected chi connectivity index (χ3v) is 4.64. The Labute approximate surface area is 182 Å². The molecule has 0 aliphatic carbocycles. The molecule has 0 saturated carbocycles. The minimum atomic E-state index is -0.597. The largest absolute Gasteiger partial charge is 0.480 e. The maximum absolute atomic E-state index is 12.6. The molecular formula is C24H27N3O4. The molecule has 1 heterocycles. The predicted octanol–water partition coefficient (Wildman–Crippen LogP) is 4.09. The zero-order valence-corrected chi connectivity index (χ0v) is 17.8. The Morgan fingerprint density at radius 1 is 1.03 bits per heavy atom. The van der Waals surface area contributed by atoms with Crippen molar-refractivity contribution in [1.29, 1.82) is 0 Å². The van der Waals surface area contributed by atoms with Crippen LogP contribution in [0.3, 0.4) is 0 Å². The number of hydrogen-bond donors (Lipinski definition) is 1. The fourth-order valence-electron chi connectivity index (χ4n) is 3.19. The highest BCUT2D eigenvalue weighted by molar-refractivity contribution is 5.90. The van der Waals surface area contributed by atoms with Crippen LogP contribution >= 0.6 is 0 Å². The minimum Gasteiger partial charge on any atom is -0.480 e. The van der Waals surface area contributed by atoms with E-state index >= 15 is 0 Å². The second-order valence-corrected chi connectivity index (χ2v) is 6.95. The second-order valence-electron chi connectivity index (χ2n) is 6.95. The van der Waals surface area contributed by atoms with E-state index in [1.807, 2.05) is 60.7 Å². The van der Waals surface area contributed by atoms with E-state index in [9.17, 15) is 9.59 Å². The van der Waals surface area contributed by atoms with Crippen molar-refractivity contribution in [2.75, 3.05) is 13.2 Å². The maximum atomic E-state index is 12.6. The molecule has 0 aliphatic heterocycles. The highest BCUT2D eigenvalue weighted by atomic mass is 16.5. The van der Waals surface area contributed by atoms with Crippen LogP contribution in [0.2, 0.25) is 0 Å². The van der Waals surface area contributed by atoms with Crippen molar-refractivity contribution in [3.8, 4) is 11.4 Å². The zero-order valence-electron chi connectivity index (χ0n) is 17.8. The highest BCUT2D eigenvalue weighted by Gasteiger charge is 2.21. The molecule has 2 aromatic carbocycles. The van der Waals surface area contributed by atoms with E-state index in [0.29, 0.717) is 0 Å². The molecule has 3 aromatic rings. The number of ether oxygens (including phenoxy) is 2. The molecular weight excluding hydrogens is 394 g/mol. The smallest absolute Gasteiger partial charge is 0.362 e. The summed E-state index contributed by atoms with van der Waals surface area (Å²) in [5.41, 5.74) is 1.84. The quantitative estimate of drug-likeness (QED) is 0.499. The summed E-state index contributed by atoms with van der Waals surface area (Å²) >= 11 is 0. The summed E-state index contributed by atoms with van der Waals surface area (Å²) < 4.78 is 12.3. The first-order chi connectivity index (χ1) is 15.1. The van der Waals surface area contributed by atoms with Crippen LogP contribution < -0.4 is 10.1 Å². The Kier molecular flexibility index (Phi) is 7.81. The van der Waals surface area contributed by atoms with Gasteiger partial charge in [0.15, 0.2) is 12.4 Å². The van der Waals surface area contributed by atoms with Gasteiger partial charge in [0.05, 0.1) is 24.5 Å². The molecule has 0 fully saturated rings. The third kappa shape index (κ3) is 5.94. The van der Waals surface area contributed by atoms with Gasteiger partial charge in [0.1, 0.15) is 0 Å². The molecule has 1 N–H and O–H groups in total. The lowest BCUT2D eigenvalue weighted by atomic mass is 10.0. The van der Waals surface area contributed by atoms with E-state index in [1.54, 1.807) is 13.1 Å². The van der Waals surface area contributed by atoms with E-state index in [-0.39, 0.29) is 36.6 Å². The van der Waals surface area contributed by atoms with Crippen molar-refractivity contribution < 1.29 is 19.1 Å². The molecule has 1 atom stereocenters. The second kappa shape index (κ2) is 11.0. The Bertz CT molecular complexity index is 987. The van der Waals surface area contributed by atoms with Gasteiger partial charge in [0, 0.05) is 0 Å². The van der Waals surface area contributed by atoms with Gasteiger partial charge in [0.25, 0.3) is 5.91 Å². The number of rotatable bonds is 10. The zero-order chi connectivity index (χ0) is 22.1. The number of carbonyl (C=O) groups excluding carboxylic acids is 2. The SMILES string of the molecule is CCCC(NC(=O)COc1cn(-c2ccccc2)nc1C(=O)OCC)c1ccccc1. The molecule has 1 unspecified atom stereocenters. The van der Waals surface area contributed by atoms with Crippen LogP contribution in [0.5, 0.6) is 5.75 Å². The molecule has 1 amide bonds. The summed E-state index contributed by atoms with van der Waals surface area (Å²) in [4.78, 5) is 24.9. The summed E-state index contributed by atoms with van der Waals surface area (Å²) in [6, 6.07) is 19.1. The van der Waals surface area contributed by atoms with E-state index < -0.39 is 5.97 Å². The molecule has 0 bridgehead atoms. The Balaban J connectivity index is 1.72. The maximum Gasteiger partial charge on any atom is 0.362 e. The van der Waals surface area contributed by atoms with Crippen LogP contribution in [-0.4, -0.2) is 34.9 Å². The fraction of sp³-hybridized carbons (Fsp3) is 0.292. The number of esters is 1. The van der Waals surface area contributed by atoms with Gasteiger partial charge in [0.2, 0.25) is 5.69 Å². The number of carbonyl (C=O) groups is 2. The number of aromatic nitrogens is 2. The summed E-state index contributed by atoms with van der Waals surface area (Å²) in [6.07, 6.45) is 3.32. The van der Waals surface area contributed by atoms with Crippen molar-refractivity contribution >= 4 is 11.9 Å². The van der Waals surface area contributed by atoms with Gasteiger partial charge in [-0.2, -0.15) is 5.10 Å². The van der Waals surface area contributed by atoms with Crippen molar-refractivity contribution in [2.45, 2.75) is 32.7 Å². The topological polar surface area (TPSA) is 82.5 Å². The lowest BCUT2D eigenvalue weighted by molar-refractivity contribution is -0.123. The molecule has 1 aromatic heterocycles. The van der Waals surface area contributed by atoms with Gasteiger partial charge in [-0.1, -0.05) is 61.9 Å². The first-order valence-corrected chi connectivity index (χ1v) is 10.4. The first-order valence-electron chi connectivity index (χ1n) is 10.4. The van der Waals surface area contributed by atoms with Gasteiger partial charge in [-0.15, -0.1) is 0 Å². The van der Waals surface area contributed by atoms with Crippen molar-refractivity contribution in [1.82, 2.24) is 15.1 Å². The van der Waals surface area contributed by atoms with Crippen molar-refractivity contribution in [2.24, 2.45) is 0 Å². The molecule has 7 nitrogen and oxygen atoms in total. The Morgan fingerprint density at radius 2 is 1.71 bits per heavy atom. The van der Waals surface area contributed by atoms with E-state index in [0.717, 1.165) is 24.1 Å². The highest BCUT2D eigenvalue weighted by Crippen LogP contribution is 2.22. The molecule has 31 heavy (non-hydrogen) atoms. The van der Waals surface area contributed by atoms with Crippen LogP contribution in [0.4, 0.5) is 0 Å². The summed E-state index contributed by atoms with van der Waals surface area (Å²) in [7, 11) is 0. The summed E-state index contributed by atoms with van der Waals surface area (Å²) in [6.45, 7) is 3.77. The molecule has 3 rings (SSSR count). The third-order valence-electron chi connectivity index (χ3n) is 4.64. The van der Waals surface area contributed by atoms with Crippen LogP contribution in [-0.2, 0) is 9.53 Å². The van der Waals surface area contributed by atoms with E-state index in [4.69, 9.17) is 9.47 Å². The number of nitrogens with zero attached hydrogens (tertiary/aromatic N) is 2. The molecule has 7 heteroatoms. The van der Waals surface area contributed by atoms with Crippen LogP contribution in [0, 0.1) is 0 Å². The summed E-state index contributed by atoms with van der Waals surface area (Å²) in [5, 5.41) is 7.31. The summed E-state index contributed by atoms with van der Waals surface area (Å²) in [5.74, 6) is -0.672. The lowest BCUT2D eigenvalue weighted by Crippen LogP contribution is -2.32. The number of nitrogens with one attached hydrogen (secondary N) is 1. The normalized spacial score (nSPS) is 11.5. The molecule has 0 saturated heterocycles. The van der Waals surface area contributed by atoms with E-state index in [1.165, 1.54) is 4.68 Å². The number of hydrogen-bond acceptors (Lipinski definition) is 5. The van der Waals surface area contributed by atoms with Gasteiger partial charge < -0.3 is 14.8 Å². The number of para-hydroxylation sites is 1. The molecule has 0 aliphatic rings. The van der Waals surface area contributed by atoms with E-state index in [2.05, 4.69) is 17.3 Å². The predicted molar refractivity (Wildman–Crippen MR) is 117 cm³/mol. The van der Waals surface area contributed by atoms with Gasteiger partial charge in [-0.05, 0) is 31.0 Å². The lowest BCUT2D eigenvalue weighted by Gasteiger charge is -2.18. The number of benzene rings is 2. The van der Waals surface area contributed by atoms with Gasteiger partial charge >= 0.3 is 5.97 Å².